The average molecular weight is 500 g/mol. The van der Waals surface area contributed by atoms with E-state index in [4.69, 9.17) is 4.74 Å². The molecule has 1 fully saturated rings. The summed E-state index contributed by atoms with van der Waals surface area (Å²) in [5.74, 6) is 0.0403. The fourth-order valence-electron chi connectivity index (χ4n) is 4.01. The quantitative estimate of drug-likeness (QED) is 0.436. The number of nitrogens with one attached hydrogen (secondary N) is 2. The van der Waals surface area contributed by atoms with Crippen LogP contribution in [0.4, 0.5) is 5.69 Å². The standard InChI is InChI=1S/C25H29N3O4S2/c1-2-32-21-13-12-20(17-23(21)34(30,31)28-14-6-7-15-28)27-24(29)18-26-25(22-11-8-16-33-22)19-9-4-3-5-10-19/h3-5,8-13,16-17,25-26H,2,6-7,14-15,18H2,1H3,(H,27,29)/t25-/m1/s1. The van der Waals surface area contributed by atoms with Crippen molar-refractivity contribution in [3.63, 3.8) is 0 Å². The summed E-state index contributed by atoms with van der Waals surface area (Å²) in [6.07, 6.45) is 1.69. The van der Waals surface area contributed by atoms with Gasteiger partial charge in [-0.05, 0) is 55.0 Å². The highest BCUT2D eigenvalue weighted by Gasteiger charge is 2.30. The zero-order chi connectivity index (χ0) is 24.0. The van der Waals surface area contributed by atoms with E-state index in [0.717, 1.165) is 23.3 Å². The van der Waals surface area contributed by atoms with E-state index < -0.39 is 10.0 Å². The molecule has 0 bridgehead atoms. The first-order chi connectivity index (χ1) is 16.5. The summed E-state index contributed by atoms with van der Waals surface area (Å²) in [5, 5.41) is 8.17. The summed E-state index contributed by atoms with van der Waals surface area (Å²) in [4.78, 5) is 14.0. The molecule has 0 saturated carbocycles. The van der Waals surface area contributed by atoms with Crippen molar-refractivity contribution in [3.05, 3.63) is 76.5 Å². The fourth-order valence-corrected chi connectivity index (χ4v) is 6.51. The molecule has 1 aromatic heterocycles. The van der Waals surface area contributed by atoms with Gasteiger partial charge in [0.25, 0.3) is 0 Å². The number of thiophene rings is 1. The summed E-state index contributed by atoms with van der Waals surface area (Å²) in [6.45, 7) is 3.22. The van der Waals surface area contributed by atoms with E-state index in [9.17, 15) is 13.2 Å². The van der Waals surface area contributed by atoms with Gasteiger partial charge in [-0.2, -0.15) is 4.31 Å². The van der Waals surface area contributed by atoms with Crippen LogP contribution in [0.5, 0.6) is 5.75 Å². The second-order valence-electron chi connectivity index (χ2n) is 7.99. The van der Waals surface area contributed by atoms with Crippen LogP contribution in [0.2, 0.25) is 0 Å². The highest BCUT2D eigenvalue weighted by atomic mass is 32.2. The number of anilines is 1. The van der Waals surface area contributed by atoms with Crippen molar-refractivity contribution in [2.75, 3.05) is 31.6 Å². The lowest BCUT2D eigenvalue weighted by Crippen LogP contribution is -2.32. The number of nitrogens with zero attached hydrogens (tertiary/aromatic N) is 1. The second-order valence-corrected chi connectivity index (χ2v) is 10.9. The Kier molecular flexibility index (Phi) is 7.99. The minimum atomic E-state index is -3.70. The summed E-state index contributed by atoms with van der Waals surface area (Å²) in [6, 6.07) is 18.6. The third-order valence-electron chi connectivity index (χ3n) is 5.64. The van der Waals surface area contributed by atoms with Crippen molar-refractivity contribution in [1.82, 2.24) is 9.62 Å². The van der Waals surface area contributed by atoms with Crippen LogP contribution in [0.1, 0.15) is 36.2 Å². The molecule has 1 aliphatic rings. The molecule has 180 valence electrons. The van der Waals surface area contributed by atoms with Gasteiger partial charge in [-0.1, -0.05) is 36.4 Å². The number of carbonyl (C=O) groups is 1. The number of rotatable bonds is 10. The van der Waals surface area contributed by atoms with Crippen LogP contribution in [-0.4, -0.2) is 44.9 Å². The lowest BCUT2D eigenvalue weighted by Gasteiger charge is -2.20. The predicted molar refractivity (Wildman–Crippen MR) is 135 cm³/mol. The summed E-state index contributed by atoms with van der Waals surface area (Å²) >= 11 is 1.62. The highest BCUT2D eigenvalue weighted by molar-refractivity contribution is 7.89. The van der Waals surface area contributed by atoms with Crippen LogP contribution in [0, 0.1) is 0 Å². The molecule has 0 unspecified atom stereocenters. The molecule has 9 heteroatoms. The first-order valence-electron chi connectivity index (χ1n) is 11.4. The molecule has 2 N–H and O–H groups in total. The van der Waals surface area contributed by atoms with Gasteiger partial charge < -0.3 is 10.1 Å². The van der Waals surface area contributed by atoms with E-state index >= 15 is 0 Å². The molecular formula is C25H29N3O4S2. The number of carbonyl (C=O) groups excluding carboxylic acids is 1. The zero-order valence-electron chi connectivity index (χ0n) is 19.1. The number of amides is 1. The molecule has 1 saturated heterocycles. The average Bonchev–Trinajstić information content (AvgIpc) is 3.56. The molecule has 1 atom stereocenters. The molecule has 0 spiro atoms. The second kappa shape index (κ2) is 11.1. The first kappa shape index (κ1) is 24.4. The SMILES string of the molecule is CCOc1ccc(NC(=O)CN[C@H](c2ccccc2)c2cccs2)cc1S(=O)(=O)N1CCCC1. The third kappa shape index (κ3) is 5.67. The van der Waals surface area contributed by atoms with Gasteiger partial charge in [-0.3, -0.25) is 10.1 Å². The van der Waals surface area contributed by atoms with Crippen LogP contribution in [0.15, 0.2) is 70.9 Å². The molecule has 7 nitrogen and oxygen atoms in total. The molecule has 0 radical (unpaired) electrons. The van der Waals surface area contributed by atoms with Gasteiger partial charge in [-0.25, -0.2) is 8.42 Å². The minimum Gasteiger partial charge on any atom is -0.492 e. The molecule has 1 aliphatic heterocycles. The maximum atomic E-state index is 13.2. The zero-order valence-corrected chi connectivity index (χ0v) is 20.7. The van der Waals surface area contributed by atoms with Crippen LogP contribution < -0.4 is 15.4 Å². The Morgan fingerprint density at radius 1 is 1.09 bits per heavy atom. The molecule has 2 aromatic carbocycles. The van der Waals surface area contributed by atoms with Gasteiger partial charge in [0.05, 0.1) is 19.2 Å². The normalized spacial score (nSPS) is 15.2. The Balaban J connectivity index is 1.49. The maximum absolute atomic E-state index is 13.2. The number of sulfonamides is 1. The maximum Gasteiger partial charge on any atom is 0.246 e. The number of hydrogen-bond donors (Lipinski definition) is 2. The Morgan fingerprint density at radius 2 is 1.85 bits per heavy atom. The number of ether oxygens (including phenoxy) is 1. The molecule has 0 aliphatic carbocycles. The molecule has 34 heavy (non-hydrogen) atoms. The molecule has 2 heterocycles. The van der Waals surface area contributed by atoms with Gasteiger partial charge in [-0.15, -0.1) is 11.3 Å². The van der Waals surface area contributed by atoms with E-state index in [2.05, 4.69) is 10.6 Å². The third-order valence-corrected chi connectivity index (χ3v) is 8.49. The summed E-state index contributed by atoms with van der Waals surface area (Å²) < 4.78 is 33.4. The van der Waals surface area contributed by atoms with Crippen LogP contribution in [-0.2, 0) is 14.8 Å². The largest absolute Gasteiger partial charge is 0.492 e. The van der Waals surface area contributed by atoms with Crippen molar-refractivity contribution in [1.29, 1.82) is 0 Å². The summed E-state index contributed by atoms with van der Waals surface area (Å²) in [7, 11) is -3.70. The Labute approximate surface area is 204 Å². The molecule has 3 aromatic rings. The topological polar surface area (TPSA) is 87.7 Å². The van der Waals surface area contributed by atoms with Gasteiger partial charge in [0.1, 0.15) is 10.6 Å². The molecular weight excluding hydrogens is 470 g/mol. The first-order valence-corrected chi connectivity index (χ1v) is 13.7. The van der Waals surface area contributed by atoms with Crippen LogP contribution in [0.3, 0.4) is 0 Å². The van der Waals surface area contributed by atoms with Gasteiger partial charge in [0.2, 0.25) is 15.9 Å². The van der Waals surface area contributed by atoms with Crippen molar-refractivity contribution < 1.29 is 17.9 Å². The van der Waals surface area contributed by atoms with Gasteiger partial charge in [0.15, 0.2) is 0 Å². The van der Waals surface area contributed by atoms with Crippen molar-refractivity contribution in [2.24, 2.45) is 0 Å². The van der Waals surface area contributed by atoms with Crippen molar-refractivity contribution in [2.45, 2.75) is 30.7 Å². The Bertz CT molecular complexity index is 1190. The van der Waals surface area contributed by atoms with Gasteiger partial charge in [0, 0.05) is 23.7 Å². The molecule has 1 amide bonds. The molecule has 4 rings (SSSR count). The highest BCUT2D eigenvalue weighted by Crippen LogP contribution is 2.32. The van der Waals surface area contributed by atoms with E-state index in [1.54, 1.807) is 23.5 Å². The fraction of sp³-hybridized carbons (Fsp3) is 0.320. The van der Waals surface area contributed by atoms with Crippen LogP contribution >= 0.6 is 11.3 Å². The number of hydrogen-bond acceptors (Lipinski definition) is 6. The lowest BCUT2D eigenvalue weighted by molar-refractivity contribution is -0.115. The van der Waals surface area contributed by atoms with Crippen LogP contribution in [0.25, 0.3) is 0 Å². The minimum absolute atomic E-state index is 0.0683. The Hall–Kier alpha value is -2.72. The Morgan fingerprint density at radius 3 is 2.53 bits per heavy atom. The smallest absolute Gasteiger partial charge is 0.246 e. The van der Waals surface area contributed by atoms with E-state index in [1.165, 1.54) is 10.4 Å². The van der Waals surface area contributed by atoms with Crippen molar-refractivity contribution in [3.8, 4) is 5.75 Å². The van der Waals surface area contributed by atoms with E-state index in [1.807, 2.05) is 54.8 Å². The lowest BCUT2D eigenvalue weighted by atomic mass is 10.1. The number of benzene rings is 2. The monoisotopic (exact) mass is 499 g/mol. The van der Waals surface area contributed by atoms with E-state index in [0.29, 0.717) is 31.1 Å². The van der Waals surface area contributed by atoms with Gasteiger partial charge >= 0.3 is 0 Å². The predicted octanol–water partition coefficient (Wildman–Crippen LogP) is 4.25. The van der Waals surface area contributed by atoms with Crippen molar-refractivity contribution >= 4 is 33.0 Å². The van der Waals surface area contributed by atoms with E-state index in [-0.39, 0.29) is 23.4 Å². The summed E-state index contributed by atoms with van der Waals surface area (Å²) in [5.41, 5.74) is 1.48.